The normalized spacial score (nSPS) is 10.3. The molecule has 0 rings (SSSR count). The van der Waals surface area contributed by atoms with Crippen LogP contribution < -0.4 is 16.0 Å². The minimum absolute atomic E-state index is 0.00982. The molecule has 296 valence electrons. The van der Waals surface area contributed by atoms with Gasteiger partial charge in [-0.25, -0.2) is 9.59 Å². The molecule has 0 bridgehead atoms. The molecular formula is C32H58N4O15. The number of carboxylic acid groups (broad SMARTS) is 1. The van der Waals surface area contributed by atoms with Crippen molar-refractivity contribution in [1.29, 1.82) is 0 Å². The van der Waals surface area contributed by atoms with E-state index < -0.39 is 47.2 Å². The van der Waals surface area contributed by atoms with E-state index >= 15 is 0 Å². The van der Waals surface area contributed by atoms with Gasteiger partial charge in [-0.15, -0.1) is 0 Å². The molecule has 0 heterocycles. The Morgan fingerprint density at radius 2 is 0.882 bits per heavy atom. The summed E-state index contributed by atoms with van der Waals surface area (Å²) in [5, 5.41) is 15.6. The molecule has 19 heteroatoms. The number of carbonyl (C=O) groups is 8. The molecule has 0 fully saturated rings. The number of hydrogen-bond acceptors (Lipinski definition) is 15. The van der Waals surface area contributed by atoms with Crippen LogP contribution in [-0.4, -0.2) is 135 Å². The Kier molecular flexibility index (Phi) is 28.9. The highest BCUT2D eigenvalue weighted by Crippen LogP contribution is 2.07. The van der Waals surface area contributed by atoms with E-state index in [1.165, 1.54) is 0 Å². The van der Waals surface area contributed by atoms with Crippen molar-refractivity contribution < 1.29 is 71.9 Å². The molecule has 51 heavy (non-hydrogen) atoms. The van der Waals surface area contributed by atoms with Crippen LogP contribution in [0.2, 0.25) is 0 Å². The van der Waals surface area contributed by atoms with Crippen LogP contribution in [0, 0.1) is 0 Å². The number of amides is 3. The lowest BCUT2D eigenvalue weighted by Gasteiger charge is -2.22. The summed E-state index contributed by atoms with van der Waals surface area (Å²) in [7, 11) is 0. The van der Waals surface area contributed by atoms with Crippen molar-refractivity contribution in [2.24, 2.45) is 0 Å². The summed E-state index contributed by atoms with van der Waals surface area (Å²) in [6.07, 6.45) is -1.44. The van der Waals surface area contributed by atoms with Gasteiger partial charge in [0.05, 0.1) is 45.9 Å². The van der Waals surface area contributed by atoms with Gasteiger partial charge in [0.2, 0.25) is 5.91 Å². The second-order valence-electron chi connectivity index (χ2n) is 11.8. The fourth-order valence-electron chi connectivity index (χ4n) is 2.98. The molecule has 0 saturated carbocycles. The minimum Gasteiger partial charge on any atom is -0.481 e. The summed E-state index contributed by atoms with van der Waals surface area (Å²) in [4.78, 5) is 90.4. The van der Waals surface area contributed by atoms with Gasteiger partial charge in [0.1, 0.15) is 24.3 Å². The molecule has 0 spiro atoms. The summed E-state index contributed by atoms with van der Waals surface area (Å²) in [6.45, 7) is 17.6. The van der Waals surface area contributed by atoms with Crippen LogP contribution in [0.5, 0.6) is 0 Å². The van der Waals surface area contributed by atoms with Crippen LogP contribution in [-0.2, 0) is 57.2 Å². The number of rotatable bonds is 18. The first-order valence-electron chi connectivity index (χ1n) is 16.4. The van der Waals surface area contributed by atoms with Gasteiger partial charge in [-0.1, -0.05) is 0 Å². The van der Waals surface area contributed by atoms with Gasteiger partial charge in [0.15, 0.2) is 0 Å². The molecule has 0 aliphatic rings. The molecule has 0 aromatic carbocycles. The first kappa shape index (κ1) is 50.7. The van der Waals surface area contributed by atoms with Crippen molar-refractivity contribution in [2.75, 3.05) is 65.7 Å². The van der Waals surface area contributed by atoms with Crippen molar-refractivity contribution in [3.63, 3.8) is 0 Å². The van der Waals surface area contributed by atoms with Crippen molar-refractivity contribution in [1.82, 2.24) is 20.9 Å². The Labute approximate surface area is 299 Å². The topological polar surface area (TPSA) is 251 Å². The molecule has 0 aromatic heterocycles. The zero-order valence-corrected chi connectivity index (χ0v) is 31.6. The van der Waals surface area contributed by atoms with Crippen molar-refractivity contribution in [2.45, 2.75) is 93.3 Å². The summed E-state index contributed by atoms with van der Waals surface area (Å²) in [6, 6.07) is 0. The van der Waals surface area contributed by atoms with Gasteiger partial charge in [-0.3, -0.25) is 34.1 Å². The van der Waals surface area contributed by atoms with E-state index in [2.05, 4.69) is 25.4 Å². The highest BCUT2D eigenvalue weighted by atomic mass is 16.6. The van der Waals surface area contributed by atoms with Gasteiger partial charge >= 0.3 is 42.0 Å². The quantitative estimate of drug-likeness (QED) is 0.115. The lowest BCUT2D eigenvalue weighted by molar-refractivity contribution is -0.154. The van der Waals surface area contributed by atoms with Crippen LogP contribution >= 0.6 is 0 Å². The molecule has 4 N–H and O–H groups in total. The number of carboxylic acids is 1. The fraction of sp³-hybridized carbons (Fsp3) is 0.750. The minimum atomic E-state index is -0.948. The highest BCUT2D eigenvalue weighted by molar-refractivity contribution is 5.86. The van der Waals surface area contributed by atoms with Crippen LogP contribution in [0.25, 0.3) is 0 Å². The smallest absolute Gasteiger partial charge is 0.407 e. The Bertz CT molecular complexity index is 1050. The molecule has 0 unspecified atom stereocenters. The van der Waals surface area contributed by atoms with Gasteiger partial charge in [0, 0.05) is 19.5 Å². The number of hydrogen-bond donors (Lipinski definition) is 4. The number of nitrogens with zero attached hydrogens (tertiary/aromatic N) is 1. The van der Waals surface area contributed by atoms with E-state index in [-0.39, 0.29) is 77.3 Å². The zero-order chi connectivity index (χ0) is 40.0. The number of alkyl carbamates (subject to hydrolysis) is 2. The maximum Gasteiger partial charge on any atom is 0.407 e. The third-order valence-electron chi connectivity index (χ3n) is 4.77. The molecule has 0 aliphatic heterocycles. The SMILES string of the molecule is CC(C)(C)OC(=O)NCCC(=O)O.CCOC(=O)CN(CC(=O)OCC)C(=O)CCNC(=O)OC(C)(C)C.CCOC(=O)CNCC(=O)OCC. The van der Waals surface area contributed by atoms with Crippen LogP contribution in [0.15, 0.2) is 0 Å². The Morgan fingerprint density at radius 1 is 0.549 bits per heavy atom. The van der Waals surface area contributed by atoms with E-state index in [0.29, 0.717) is 13.2 Å². The number of nitrogens with one attached hydrogen (secondary N) is 3. The van der Waals surface area contributed by atoms with E-state index in [0.717, 1.165) is 4.90 Å². The largest absolute Gasteiger partial charge is 0.481 e. The number of aliphatic carboxylic acids is 1. The molecule has 0 aliphatic carbocycles. The number of ether oxygens (including phenoxy) is 6. The maximum atomic E-state index is 12.2. The molecule has 19 nitrogen and oxygen atoms in total. The van der Waals surface area contributed by atoms with E-state index in [9.17, 15) is 38.4 Å². The first-order chi connectivity index (χ1) is 23.6. The molecule has 0 atom stereocenters. The second-order valence-corrected chi connectivity index (χ2v) is 11.8. The van der Waals surface area contributed by atoms with Gasteiger partial charge in [0.25, 0.3) is 0 Å². The highest BCUT2D eigenvalue weighted by Gasteiger charge is 2.22. The van der Waals surface area contributed by atoms with Crippen molar-refractivity contribution in [3.05, 3.63) is 0 Å². The second kappa shape index (κ2) is 29.1. The third kappa shape index (κ3) is 38.0. The average molecular weight is 739 g/mol. The maximum absolute atomic E-state index is 12.2. The number of carbonyl (C=O) groups excluding carboxylic acids is 7. The van der Waals surface area contributed by atoms with Crippen molar-refractivity contribution >= 4 is 47.9 Å². The lowest BCUT2D eigenvalue weighted by Crippen LogP contribution is -2.42. The van der Waals surface area contributed by atoms with Gasteiger partial charge < -0.3 is 49.1 Å². The van der Waals surface area contributed by atoms with Crippen LogP contribution in [0.4, 0.5) is 9.59 Å². The predicted molar refractivity (Wildman–Crippen MR) is 181 cm³/mol. The summed E-state index contributed by atoms with van der Waals surface area (Å²) in [5.41, 5.74) is -1.19. The number of esters is 4. The molecule has 0 radical (unpaired) electrons. The third-order valence-corrected chi connectivity index (χ3v) is 4.77. The average Bonchev–Trinajstić information content (AvgIpc) is 2.96. The van der Waals surface area contributed by atoms with E-state index in [1.54, 1.807) is 69.2 Å². The van der Waals surface area contributed by atoms with E-state index in [1.807, 2.05) is 0 Å². The summed E-state index contributed by atoms with van der Waals surface area (Å²) < 4.78 is 28.8. The Hall–Kier alpha value is -4.68. The first-order valence-corrected chi connectivity index (χ1v) is 16.4. The predicted octanol–water partition coefficient (Wildman–Crippen LogP) is 1.54. The Balaban J connectivity index is -0.000000746. The monoisotopic (exact) mass is 738 g/mol. The van der Waals surface area contributed by atoms with Crippen LogP contribution in [0.3, 0.4) is 0 Å². The molecule has 3 amide bonds. The van der Waals surface area contributed by atoms with Crippen LogP contribution in [0.1, 0.15) is 82.1 Å². The molecular weight excluding hydrogens is 680 g/mol. The van der Waals surface area contributed by atoms with Gasteiger partial charge in [-0.2, -0.15) is 0 Å². The molecule has 0 saturated heterocycles. The zero-order valence-electron chi connectivity index (χ0n) is 31.6. The summed E-state index contributed by atoms with van der Waals surface area (Å²) in [5.74, 6) is -3.42. The fourth-order valence-corrected chi connectivity index (χ4v) is 2.98. The standard InChI is InChI=1S/C16H28N2O7.2C8H15NO4/c1-6-23-13(20)10-18(11-14(21)24-7-2)12(19)8-9-17-15(22)25-16(3,4)5;1-8(2,3)13-7(12)9-5-4-6(10)11;1-3-12-7(10)5-9-6-8(11)13-4-2/h6-11H2,1-5H3,(H,17,22);4-5H2,1-3H3,(H,9,12)(H,10,11);9H,3-6H2,1-2H3. The van der Waals surface area contributed by atoms with Crippen molar-refractivity contribution in [3.8, 4) is 0 Å². The lowest BCUT2D eigenvalue weighted by atomic mass is 10.2. The van der Waals surface area contributed by atoms with Gasteiger partial charge in [-0.05, 0) is 69.2 Å². The summed E-state index contributed by atoms with van der Waals surface area (Å²) >= 11 is 0. The Morgan fingerprint density at radius 3 is 1.20 bits per heavy atom. The molecule has 0 aromatic rings. The van der Waals surface area contributed by atoms with E-state index in [4.69, 9.17) is 24.1 Å².